The Bertz CT molecular complexity index is 657. The summed E-state index contributed by atoms with van der Waals surface area (Å²) < 4.78 is 5.40. The van der Waals surface area contributed by atoms with Crippen LogP contribution in [0.25, 0.3) is 11.0 Å². The van der Waals surface area contributed by atoms with E-state index in [4.69, 9.17) is 9.72 Å². The molecule has 1 aromatic carbocycles. The van der Waals surface area contributed by atoms with Gasteiger partial charge in [0.15, 0.2) is 0 Å². The van der Waals surface area contributed by atoms with Crippen molar-refractivity contribution >= 4 is 16.9 Å². The summed E-state index contributed by atoms with van der Waals surface area (Å²) in [5.74, 6) is 1.35. The Labute approximate surface area is 136 Å². The van der Waals surface area contributed by atoms with Crippen molar-refractivity contribution in [3.8, 4) is 0 Å². The summed E-state index contributed by atoms with van der Waals surface area (Å²) in [4.78, 5) is 23.2. The lowest BCUT2D eigenvalue weighted by atomic mass is 9.94. The molecule has 5 nitrogen and oxygen atoms in total. The first-order chi connectivity index (χ1) is 11.3. The Morgan fingerprint density at radius 1 is 1.17 bits per heavy atom. The van der Waals surface area contributed by atoms with Gasteiger partial charge in [0.05, 0.1) is 17.1 Å². The maximum atomic E-state index is 13.0. The van der Waals surface area contributed by atoms with Gasteiger partial charge >= 0.3 is 0 Å². The number of aromatic nitrogens is 2. The van der Waals surface area contributed by atoms with Crippen molar-refractivity contribution in [3.63, 3.8) is 0 Å². The van der Waals surface area contributed by atoms with Gasteiger partial charge in [0, 0.05) is 25.7 Å². The van der Waals surface area contributed by atoms with Crippen LogP contribution >= 0.6 is 0 Å². The molecule has 0 bridgehead atoms. The van der Waals surface area contributed by atoms with Crippen molar-refractivity contribution in [2.24, 2.45) is 5.92 Å². The molecular weight excluding hydrogens is 290 g/mol. The van der Waals surface area contributed by atoms with E-state index in [2.05, 4.69) is 9.88 Å². The average molecular weight is 313 g/mol. The number of H-pyrrole nitrogens is 1. The number of benzene rings is 1. The van der Waals surface area contributed by atoms with Gasteiger partial charge in [-0.1, -0.05) is 12.1 Å². The zero-order valence-corrected chi connectivity index (χ0v) is 13.3. The number of ether oxygens (including phenoxy) is 1. The van der Waals surface area contributed by atoms with Gasteiger partial charge in [-0.15, -0.1) is 0 Å². The average Bonchev–Trinajstić information content (AvgIpc) is 3.06. The first-order valence-corrected chi connectivity index (χ1v) is 8.66. The molecule has 1 atom stereocenters. The number of amides is 1. The van der Waals surface area contributed by atoms with Gasteiger partial charge in [-0.3, -0.25) is 4.79 Å². The van der Waals surface area contributed by atoms with Crippen molar-refractivity contribution in [1.82, 2.24) is 14.9 Å². The molecule has 4 rings (SSSR count). The number of nitrogens with zero attached hydrogens (tertiary/aromatic N) is 2. The highest BCUT2D eigenvalue weighted by Crippen LogP contribution is 2.33. The lowest BCUT2D eigenvalue weighted by Crippen LogP contribution is -2.43. The largest absolute Gasteiger partial charge is 0.381 e. The zero-order chi connectivity index (χ0) is 15.6. The van der Waals surface area contributed by atoms with E-state index < -0.39 is 0 Å². The Morgan fingerprint density at radius 3 is 2.83 bits per heavy atom. The molecule has 0 unspecified atom stereocenters. The minimum Gasteiger partial charge on any atom is -0.381 e. The van der Waals surface area contributed by atoms with Crippen LogP contribution in [0.1, 0.15) is 44.0 Å². The van der Waals surface area contributed by atoms with Crippen molar-refractivity contribution in [2.75, 3.05) is 19.8 Å². The number of likely N-dealkylation sites (tertiary alicyclic amines) is 1. The van der Waals surface area contributed by atoms with Crippen LogP contribution in [-0.4, -0.2) is 40.5 Å². The van der Waals surface area contributed by atoms with Gasteiger partial charge in [0.2, 0.25) is 5.91 Å². The van der Waals surface area contributed by atoms with Gasteiger partial charge in [-0.25, -0.2) is 4.98 Å². The molecule has 1 aromatic heterocycles. The second-order valence-corrected chi connectivity index (χ2v) is 6.57. The van der Waals surface area contributed by atoms with Crippen LogP contribution < -0.4 is 0 Å². The van der Waals surface area contributed by atoms with Crippen molar-refractivity contribution in [3.05, 3.63) is 30.1 Å². The molecular formula is C18H23N3O2. The number of aromatic amines is 1. The van der Waals surface area contributed by atoms with E-state index in [1.165, 1.54) is 0 Å². The number of piperidine rings is 1. The highest BCUT2D eigenvalue weighted by Gasteiger charge is 2.34. The van der Waals surface area contributed by atoms with E-state index in [1.807, 2.05) is 24.3 Å². The molecule has 1 amide bonds. The number of rotatable bonds is 2. The minimum absolute atomic E-state index is 0.0893. The summed E-state index contributed by atoms with van der Waals surface area (Å²) in [6.07, 6.45) is 4.93. The van der Waals surface area contributed by atoms with E-state index in [0.29, 0.717) is 19.1 Å². The number of nitrogens with one attached hydrogen (secondary N) is 1. The van der Waals surface area contributed by atoms with E-state index in [-0.39, 0.29) is 12.0 Å². The lowest BCUT2D eigenvalue weighted by Gasteiger charge is -2.37. The molecule has 0 saturated carbocycles. The molecule has 5 heteroatoms. The number of carbonyl (C=O) groups is 1. The second-order valence-electron chi connectivity index (χ2n) is 6.57. The molecule has 0 aliphatic carbocycles. The van der Waals surface area contributed by atoms with Gasteiger partial charge in [-0.2, -0.15) is 0 Å². The Hall–Kier alpha value is -1.88. The summed E-state index contributed by atoms with van der Waals surface area (Å²) >= 11 is 0. The van der Waals surface area contributed by atoms with E-state index in [0.717, 1.165) is 55.5 Å². The van der Waals surface area contributed by atoms with Crippen LogP contribution in [0.2, 0.25) is 0 Å². The molecule has 2 aliphatic heterocycles. The van der Waals surface area contributed by atoms with Gasteiger partial charge in [-0.05, 0) is 44.2 Å². The minimum atomic E-state index is 0.0893. The summed E-state index contributed by atoms with van der Waals surface area (Å²) in [6, 6.07) is 8.16. The van der Waals surface area contributed by atoms with Crippen LogP contribution in [0.3, 0.4) is 0 Å². The molecule has 2 aliphatic rings. The number of hydrogen-bond acceptors (Lipinski definition) is 3. The highest BCUT2D eigenvalue weighted by atomic mass is 16.5. The van der Waals surface area contributed by atoms with E-state index >= 15 is 0 Å². The van der Waals surface area contributed by atoms with Gasteiger partial charge < -0.3 is 14.6 Å². The predicted molar refractivity (Wildman–Crippen MR) is 87.9 cm³/mol. The van der Waals surface area contributed by atoms with Crippen LogP contribution in [0.4, 0.5) is 0 Å². The Kier molecular flexibility index (Phi) is 4.04. The molecule has 2 saturated heterocycles. The standard InChI is InChI=1S/C18H23N3O2/c22-18(13-8-11-23-12-9-13)21-10-4-3-7-16(21)17-19-14-5-1-2-6-15(14)20-17/h1-2,5-6,13,16H,3-4,7-12H2,(H,19,20)/t16-/m0/s1. The third-order valence-electron chi connectivity index (χ3n) is 5.08. The molecule has 23 heavy (non-hydrogen) atoms. The third-order valence-corrected chi connectivity index (χ3v) is 5.08. The normalized spacial score (nSPS) is 23.3. The van der Waals surface area contributed by atoms with Crippen LogP contribution in [-0.2, 0) is 9.53 Å². The maximum Gasteiger partial charge on any atom is 0.226 e. The summed E-state index contributed by atoms with van der Waals surface area (Å²) in [5.41, 5.74) is 2.03. The predicted octanol–water partition coefficient (Wildman–Crippen LogP) is 3.04. The molecule has 2 fully saturated rings. The quantitative estimate of drug-likeness (QED) is 0.927. The number of imidazole rings is 1. The monoisotopic (exact) mass is 313 g/mol. The zero-order valence-electron chi connectivity index (χ0n) is 13.3. The topological polar surface area (TPSA) is 58.2 Å². The van der Waals surface area contributed by atoms with Gasteiger partial charge in [0.1, 0.15) is 5.82 Å². The fourth-order valence-electron chi connectivity index (χ4n) is 3.79. The summed E-state index contributed by atoms with van der Waals surface area (Å²) in [7, 11) is 0. The number of para-hydroxylation sites is 2. The smallest absolute Gasteiger partial charge is 0.226 e. The van der Waals surface area contributed by atoms with Gasteiger partial charge in [0.25, 0.3) is 0 Å². The first kappa shape index (κ1) is 14.7. The molecule has 0 radical (unpaired) electrons. The first-order valence-electron chi connectivity index (χ1n) is 8.66. The Balaban J connectivity index is 1.60. The highest BCUT2D eigenvalue weighted by molar-refractivity contribution is 5.80. The van der Waals surface area contributed by atoms with Crippen LogP contribution in [0.15, 0.2) is 24.3 Å². The Morgan fingerprint density at radius 2 is 2.00 bits per heavy atom. The van der Waals surface area contributed by atoms with Crippen molar-refractivity contribution in [1.29, 1.82) is 0 Å². The number of fused-ring (bicyclic) bond motifs is 1. The molecule has 3 heterocycles. The molecule has 0 spiro atoms. The van der Waals surface area contributed by atoms with Crippen molar-refractivity contribution in [2.45, 2.75) is 38.1 Å². The third kappa shape index (κ3) is 2.85. The SMILES string of the molecule is O=C(C1CCOCC1)N1CCCC[C@H]1c1nc2ccccc2[nH]1. The number of hydrogen-bond donors (Lipinski definition) is 1. The fraction of sp³-hybridized carbons (Fsp3) is 0.556. The van der Waals surface area contributed by atoms with Crippen LogP contribution in [0.5, 0.6) is 0 Å². The number of carbonyl (C=O) groups excluding carboxylic acids is 1. The second kappa shape index (κ2) is 6.32. The summed E-state index contributed by atoms with van der Waals surface area (Å²) in [5, 5.41) is 0. The maximum absolute atomic E-state index is 13.0. The molecule has 122 valence electrons. The lowest BCUT2D eigenvalue weighted by molar-refractivity contribution is -0.142. The van der Waals surface area contributed by atoms with E-state index in [1.54, 1.807) is 0 Å². The summed E-state index contributed by atoms with van der Waals surface area (Å²) in [6.45, 7) is 2.26. The molecule has 1 N–H and O–H groups in total. The van der Waals surface area contributed by atoms with Crippen LogP contribution in [0, 0.1) is 5.92 Å². The van der Waals surface area contributed by atoms with E-state index in [9.17, 15) is 4.79 Å². The fourth-order valence-corrected chi connectivity index (χ4v) is 3.79. The molecule has 2 aromatic rings. The van der Waals surface area contributed by atoms with Crippen molar-refractivity contribution < 1.29 is 9.53 Å².